The van der Waals surface area contributed by atoms with E-state index in [9.17, 15) is 36.0 Å². The van der Waals surface area contributed by atoms with E-state index >= 15 is 0 Å². The van der Waals surface area contributed by atoms with Gasteiger partial charge in [0.15, 0.2) is 0 Å². The van der Waals surface area contributed by atoms with Crippen LogP contribution in [0.15, 0.2) is 53.4 Å². The summed E-state index contributed by atoms with van der Waals surface area (Å²) in [6.07, 6.45) is -4.39. The Bertz CT molecular complexity index is 1330. The van der Waals surface area contributed by atoms with E-state index in [1.165, 1.54) is 12.0 Å². The monoisotopic (exact) mass is 597 g/mol. The van der Waals surface area contributed by atoms with Crippen molar-refractivity contribution in [3.8, 4) is 0 Å². The fraction of sp³-hybridized carbons (Fsp3) is 0.464. The number of hydrogen-bond donors (Lipinski definition) is 1. The van der Waals surface area contributed by atoms with Crippen molar-refractivity contribution < 1.29 is 40.7 Å². The number of rotatable bonds is 10. The van der Waals surface area contributed by atoms with Gasteiger partial charge in [-0.1, -0.05) is 38.1 Å². The molecule has 41 heavy (non-hydrogen) atoms. The molecule has 13 heteroatoms. The molecule has 1 atom stereocenters. The molecule has 224 valence electrons. The van der Waals surface area contributed by atoms with Crippen molar-refractivity contribution in [3.05, 3.63) is 65.2 Å². The predicted octanol–water partition coefficient (Wildman–Crippen LogP) is 3.69. The molecule has 9 nitrogen and oxygen atoms in total. The van der Waals surface area contributed by atoms with Crippen molar-refractivity contribution in [2.45, 2.75) is 62.7 Å². The van der Waals surface area contributed by atoms with Gasteiger partial charge in [-0.25, -0.2) is 8.42 Å². The predicted molar refractivity (Wildman–Crippen MR) is 144 cm³/mol. The van der Waals surface area contributed by atoms with Crippen LogP contribution in [0.25, 0.3) is 0 Å². The van der Waals surface area contributed by atoms with E-state index in [4.69, 9.17) is 0 Å². The fourth-order valence-electron chi connectivity index (χ4n) is 4.42. The van der Waals surface area contributed by atoms with Gasteiger partial charge in [0.1, 0.15) is 6.04 Å². The van der Waals surface area contributed by atoms with Crippen molar-refractivity contribution in [1.29, 1.82) is 0 Å². The zero-order valence-electron chi connectivity index (χ0n) is 23.1. The normalized spacial score (nSPS) is 16.5. The second-order valence-corrected chi connectivity index (χ2v) is 11.9. The molecule has 0 bridgehead atoms. The lowest BCUT2D eigenvalue weighted by atomic mass is 10.0. The maximum Gasteiger partial charge on any atom is 0.416 e. The highest BCUT2D eigenvalue weighted by molar-refractivity contribution is 7.89. The topological polar surface area (TPSA) is 113 Å². The second-order valence-electron chi connectivity index (χ2n) is 10.0. The third-order valence-electron chi connectivity index (χ3n) is 6.89. The van der Waals surface area contributed by atoms with Crippen LogP contribution in [-0.4, -0.2) is 68.2 Å². The van der Waals surface area contributed by atoms with E-state index in [0.717, 1.165) is 27.6 Å². The minimum atomic E-state index is -4.64. The summed E-state index contributed by atoms with van der Waals surface area (Å²) in [6.45, 7) is 3.68. The third-order valence-corrected chi connectivity index (χ3v) is 8.81. The molecule has 0 aliphatic carbocycles. The maximum atomic E-state index is 13.5. The Morgan fingerprint density at radius 1 is 1.00 bits per heavy atom. The summed E-state index contributed by atoms with van der Waals surface area (Å²) in [6, 6.07) is 9.30. The number of nitrogens with zero attached hydrogens (tertiary/aromatic N) is 2. The zero-order chi connectivity index (χ0) is 30.4. The van der Waals surface area contributed by atoms with Gasteiger partial charge in [-0.2, -0.15) is 17.5 Å². The third kappa shape index (κ3) is 8.29. The van der Waals surface area contributed by atoms with E-state index in [0.29, 0.717) is 18.1 Å². The number of ether oxygens (including phenoxy) is 1. The second kappa shape index (κ2) is 13.5. The summed E-state index contributed by atoms with van der Waals surface area (Å²) < 4.78 is 71.6. The first-order valence-corrected chi connectivity index (χ1v) is 14.6. The Kier molecular flexibility index (Phi) is 10.5. The molecule has 2 aromatic carbocycles. The molecule has 1 fully saturated rings. The standard InChI is InChI=1S/C28H34F3N3O6S/c1-19(2)21-9-7-20(8-10-21)17-32-27(37)24-18-33(25(35)5-4-6-26(36)40-3)15-16-34(24)41(38,39)23-13-11-22(12-14-23)28(29,30)31/h7-14,19,24H,4-6,15-18H2,1-3H3,(H,32,37)/t24-/m1/s1. The van der Waals surface area contributed by atoms with Gasteiger partial charge in [0.05, 0.1) is 17.6 Å². The van der Waals surface area contributed by atoms with Crippen LogP contribution in [0.5, 0.6) is 0 Å². The lowest BCUT2D eigenvalue weighted by Gasteiger charge is -2.39. The summed E-state index contributed by atoms with van der Waals surface area (Å²) in [5.74, 6) is -1.16. The molecule has 1 aliphatic heterocycles. The number of methoxy groups -OCH3 is 1. The highest BCUT2D eigenvalue weighted by Crippen LogP contribution is 2.31. The SMILES string of the molecule is COC(=O)CCCC(=O)N1CCN(S(=O)(=O)c2ccc(C(F)(F)F)cc2)[C@@H](C(=O)NCc2ccc(C(C)C)cc2)C1. The molecule has 0 unspecified atom stereocenters. The smallest absolute Gasteiger partial charge is 0.416 e. The molecular formula is C28H34F3N3O6S. The first-order valence-electron chi connectivity index (χ1n) is 13.1. The number of amides is 2. The molecule has 3 rings (SSSR count). The van der Waals surface area contributed by atoms with Crippen LogP contribution >= 0.6 is 0 Å². The first kappa shape index (κ1) is 32.1. The average molecular weight is 598 g/mol. The van der Waals surface area contributed by atoms with E-state index in [1.807, 2.05) is 38.1 Å². The molecule has 0 spiro atoms. The highest BCUT2D eigenvalue weighted by atomic mass is 32.2. The number of hydrogen-bond acceptors (Lipinski definition) is 6. The van der Waals surface area contributed by atoms with Gasteiger partial charge in [0.25, 0.3) is 0 Å². The molecule has 2 aromatic rings. The Morgan fingerprint density at radius 2 is 1.63 bits per heavy atom. The summed E-state index contributed by atoms with van der Waals surface area (Å²) in [4.78, 5) is 38.5. The largest absolute Gasteiger partial charge is 0.469 e. The molecule has 1 saturated heterocycles. The Hall–Kier alpha value is -3.45. The molecule has 2 amide bonds. The Balaban J connectivity index is 1.81. The van der Waals surface area contributed by atoms with E-state index in [2.05, 4.69) is 10.1 Å². The van der Waals surface area contributed by atoms with Crippen LogP contribution in [-0.2, 0) is 41.9 Å². The molecule has 1 N–H and O–H groups in total. The summed E-state index contributed by atoms with van der Waals surface area (Å²) >= 11 is 0. The van der Waals surface area contributed by atoms with Gasteiger partial charge in [-0.3, -0.25) is 14.4 Å². The van der Waals surface area contributed by atoms with Crippen molar-refractivity contribution in [1.82, 2.24) is 14.5 Å². The molecule has 0 saturated carbocycles. The summed E-state index contributed by atoms with van der Waals surface area (Å²) in [7, 11) is -3.15. The van der Waals surface area contributed by atoms with Crippen LogP contribution in [0, 0.1) is 0 Å². The number of alkyl halides is 3. The zero-order valence-corrected chi connectivity index (χ0v) is 23.9. The number of sulfonamides is 1. The first-order chi connectivity index (χ1) is 19.2. The number of carbonyl (C=O) groups excluding carboxylic acids is 3. The Morgan fingerprint density at radius 3 is 2.20 bits per heavy atom. The molecular weight excluding hydrogens is 563 g/mol. The number of benzene rings is 2. The van der Waals surface area contributed by atoms with E-state index in [1.54, 1.807) is 0 Å². The number of esters is 1. The highest BCUT2D eigenvalue weighted by Gasteiger charge is 2.41. The number of nitrogens with one attached hydrogen (secondary N) is 1. The van der Waals surface area contributed by atoms with E-state index in [-0.39, 0.29) is 51.3 Å². The summed E-state index contributed by atoms with van der Waals surface area (Å²) in [5.41, 5.74) is 0.894. The van der Waals surface area contributed by atoms with Crippen molar-refractivity contribution in [2.75, 3.05) is 26.7 Å². The minimum absolute atomic E-state index is 0.00269. The molecule has 1 heterocycles. The fourth-order valence-corrected chi connectivity index (χ4v) is 5.99. The van der Waals surface area contributed by atoms with E-state index < -0.39 is 44.6 Å². The van der Waals surface area contributed by atoms with Gasteiger partial charge >= 0.3 is 12.1 Å². The number of halogens is 3. The van der Waals surface area contributed by atoms with Gasteiger partial charge < -0.3 is 15.0 Å². The average Bonchev–Trinajstić information content (AvgIpc) is 2.95. The van der Waals surface area contributed by atoms with Gasteiger partial charge in [0.2, 0.25) is 21.8 Å². The van der Waals surface area contributed by atoms with Crippen molar-refractivity contribution in [2.24, 2.45) is 0 Å². The molecule has 0 aromatic heterocycles. The van der Waals surface area contributed by atoms with Crippen molar-refractivity contribution >= 4 is 27.8 Å². The van der Waals surface area contributed by atoms with Crippen LogP contribution in [0.3, 0.4) is 0 Å². The number of piperazine rings is 1. The minimum Gasteiger partial charge on any atom is -0.469 e. The lowest BCUT2D eigenvalue weighted by molar-refractivity contribution is -0.141. The summed E-state index contributed by atoms with van der Waals surface area (Å²) in [5, 5.41) is 2.73. The van der Waals surface area contributed by atoms with Crippen LogP contribution in [0.4, 0.5) is 13.2 Å². The number of carbonyl (C=O) groups is 3. The van der Waals surface area contributed by atoms with Gasteiger partial charge in [-0.15, -0.1) is 0 Å². The van der Waals surface area contributed by atoms with Crippen LogP contribution < -0.4 is 5.32 Å². The quantitative estimate of drug-likeness (QED) is 0.418. The molecule has 1 aliphatic rings. The van der Waals surface area contributed by atoms with Gasteiger partial charge in [-0.05, 0) is 47.7 Å². The van der Waals surface area contributed by atoms with Gasteiger partial charge in [0, 0.05) is 39.0 Å². The lowest BCUT2D eigenvalue weighted by Crippen LogP contribution is -2.61. The van der Waals surface area contributed by atoms with Crippen LogP contribution in [0.2, 0.25) is 0 Å². The maximum absolute atomic E-state index is 13.5. The van der Waals surface area contributed by atoms with Crippen molar-refractivity contribution in [3.63, 3.8) is 0 Å². The molecule has 0 radical (unpaired) electrons. The van der Waals surface area contributed by atoms with Crippen LogP contribution in [0.1, 0.15) is 55.7 Å². The Labute approximate surface area is 237 Å².